The van der Waals surface area contributed by atoms with Gasteiger partial charge in [-0.15, -0.1) is 0 Å². The van der Waals surface area contributed by atoms with Crippen LogP contribution in [0.25, 0.3) is 21.8 Å². The minimum absolute atomic E-state index is 0.00803. The maximum atomic E-state index is 13.6. The van der Waals surface area contributed by atoms with Crippen LogP contribution in [0.3, 0.4) is 0 Å². The van der Waals surface area contributed by atoms with Gasteiger partial charge in [-0.25, -0.2) is 4.79 Å². The molecule has 2 aromatic heterocycles. The molecule has 0 bridgehead atoms. The Hall–Kier alpha value is -5.21. The molecule has 4 rings (SSSR count). The number of aromatic nitrogens is 2. The first-order chi connectivity index (χ1) is 21.4. The van der Waals surface area contributed by atoms with Crippen LogP contribution in [0, 0.1) is 0 Å². The van der Waals surface area contributed by atoms with Gasteiger partial charge in [0, 0.05) is 47.0 Å². The van der Waals surface area contributed by atoms with Gasteiger partial charge in [-0.2, -0.15) is 0 Å². The zero-order valence-electron chi connectivity index (χ0n) is 24.4. The SMILES string of the molecule is CC(O)C(NC(=O)C(Cc1c[nH]c2ccccc12)NC(=O)C(N)Cc1c[nH]c2ccccc12)C(=O)NC(CCC(=O)O)C(=O)O. The maximum absolute atomic E-state index is 13.6. The average Bonchev–Trinajstić information content (AvgIpc) is 3.61. The van der Waals surface area contributed by atoms with Crippen LogP contribution in [0.5, 0.6) is 0 Å². The summed E-state index contributed by atoms with van der Waals surface area (Å²) in [6.07, 6.45) is 1.21. The molecule has 0 aliphatic carbocycles. The molecule has 0 aliphatic heterocycles. The Morgan fingerprint density at radius 1 is 0.756 bits per heavy atom. The number of carboxylic acids is 2. The highest BCUT2D eigenvalue weighted by Gasteiger charge is 2.33. The van der Waals surface area contributed by atoms with E-state index in [0.717, 1.165) is 27.4 Å². The number of carbonyl (C=O) groups excluding carboxylic acids is 3. The van der Waals surface area contributed by atoms with Crippen LogP contribution in [0.1, 0.15) is 30.9 Å². The summed E-state index contributed by atoms with van der Waals surface area (Å²) < 4.78 is 0. The Morgan fingerprint density at radius 3 is 1.82 bits per heavy atom. The van der Waals surface area contributed by atoms with E-state index in [1.807, 2.05) is 48.5 Å². The number of hydrogen-bond acceptors (Lipinski definition) is 7. The van der Waals surface area contributed by atoms with E-state index >= 15 is 0 Å². The second-order valence-electron chi connectivity index (χ2n) is 10.9. The lowest BCUT2D eigenvalue weighted by molar-refractivity contribution is -0.144. The van der Waals surface area contributed by atoms with E-state index in [1.54, 1.807) is 12.4 Å². The average molecular weight is 621 g/mol. The van der Waals surface area contributed by atoms with Crippen LogP contribution in [0.2, 0.25) is 0 Å². The van der Waals surface area contributed by atoms with Gasteiger partial charge in [0.05, 0.1) is 12.1 Å². The van der Waals surface area contributed by atoms with Crippen molar-refractivity contribution < 1.29 is 39.3 Å². The van der Waals surface area contributed by atoms with Crippen molar-refractivity contribution in [1.29, 1.82) is 0 Å². The minimum Gasteiger partial charge on any atom is -0.481 e. The summed E-state index contributed by atoms with van der Waals surface area (Å²) in [6.45, 7) is 1.22. The molecule has 238 valence electrons. The normalized spacial score (nSPS) is 14.6. The van der Waals surface area contributed by atoms with E-state index in [0.29, 0.717) is 5.56 Å². The first kappa shape index (κ1) is 32.7. The van der Waals surface area contributed by atoms with E-state index in [4.69, 9.17) is 10.8 Å². The van der Waals surface area contributed by atoms with Crippen LogP contribution in [-0.4, -0.2) is 85.2 Å². The number of benzene rings is 2. The molecular weight excluding hydrogens is 584 g/mol. The fourth-order valence-corrected chi connectivity index (χ4v) is 5.08. The number of fused-ring (bicyclic) bond motifs is 2. The molecule has 5 atom stereocenters. The van der Waals surface area contributed by atoms with E-state index in [1.165, 1.54) is 6.92 Å². The number of amides is 3. The Balaban J connectivity index is 1.53. The zero-order chi connectivity index (χ0) is 32.7. The number of aliphatic hydroxyl groups excluding tert-OH is 1. The third-order valence-corrected chi connectivity index (χ3v) is 7.51. The number of nitrogens with two attached hydrogens (primary N) is 1. The molecule has 2 aromatic carbocycles. The number of H-pyrrole nitrogens is 2. The molecule has 0 radical (unpaired) electrons. The van der Waals surface area contributed by atoms with E-state index in [2.05, 4.69) is 25.9 Å². The summed E-state index contributed by atoms with van der Waals surface area (Å²) in [6, 6.07) is 9.41. The van der Waals surface area contributed by atoms with Crippen molar-refractivity contribution in [3.8, 4) is 0 Å². The van der Waals surface area contributed by atoms with E-state index < -0.39 is 72.8 Å². The summed E-state index contributed by atoms with van der Waals surface area (Å²) in [5, 5.41) is 37.7. The zero-order valence-corrected chi connectivity index (χ0v) is 24.4. The second-order valence-corrected chi connectivity index (χ2v) is 10.9. The van der Waals surface area contributed by atoms with Crippen LogP contribution in [-0.2, 0) is 36.8 Å². The molecule has 2 heterocycles. The maximum Gasteiger partial charge on any atom is 0.326 e. The fourth-order valence-electron chi connectivity index (χ4n) is 5.08. The first-order valence-electron chi connectivity index (χ1n) is 14.3. The molecule has 0 spiro atoms. The number of aliphatic carboxylic acids is 2. The summed E-state index contributed by atoms with van der Waals surface area (Å²) in [5.41, 5.74) is 9.46. The smallest absolute Gasteiger partial charge is 0.326 e. The van der Waals surface area contributed by atoms with Gasteiger partial charge in [0.25, 0.3) is 0 Å². The van der Waals surface area contributed by atoms with E-state index in [9.17, 15) is 34.2 Å². The van der Waals surface area contributed by atoms with Crippen molar-refractivity contribution in [2.24, 2.45) is 5.73 Å². The van der Waals surface area contributed by atoms with Gasteiger partial charge in [0.2, 0.25) is 17.7 Å². The molecule has 14 heteroatoms. The van der Waals surface area contributed by atoms with Gasteiger partial charge >= 0.3 is 11.9 Å². The fraction of sp³-hybridized carbons (Fsp3) is 0.323. The van der Waals surface area contributed by atoms with Gasteiger partial charge in [0.1, 0.15) is 18.1 Å². The second kappa shape index (κ2) is 14.5. The standard InChI is InChI=1S/C31H36N6O8/c1-16(38)27(30(43)35-24(31(44)45)10-11-26(39)40)37-29(42)25(13-18-15-34-23-9-5-3-7-20(18)23)36-28(41)21(32)12-17-14-33-22-8-4-2-6-19(17)22/h2-9,14-16,21,24-25,27,33-34,38H,10-13,32H2,1H3,(H,35,43)(H,36,41)(H,37,42)(H,39,40)(H,44,45). The van der Waals surface area contributed by atoms with Gasteiger partial charge in [-0.05, 0) is 43.0 Å². The Kier molecular flexibility index (Phi) is 10.5. The summed E-state index contributed by atoms with van der Waals surface area (Å²) in [5.74, 6) is -5.22. The Morgan fingerprint density at radius 2 is 1.29 bits per heavy atom. The van der Waals surface area contributed by atoms with Gasteiger partial charge < -0.3 is 47.0 Å². The highest BCUT2D eigenvalue weighted by Crippen LogP contribution is 2.21. The third-order valence-electron chi connectivity index (χ3n) is 7.51. The first-order valence-corrected chi connectivity index (χ1v) is 14.3. The summed E-state index contributed by atoms with van der Waals surface area (Å²) >= 11 is 0. The predicted octanol–water partition coefficient (Wildman–Crippen LogP) is 0.546. The lowest BCUT2D eigenvalue weighted by Gasteiger charge is -2.26. The number of aromatic amines is 2. The molecular formula is C31H36N6O8. The molecule has 0 saturated heterocycles. The number of carbonyl (C=O) groups is 5. The number of rotatable bonds is 15. The van der Waals surface area contributed by atoms with Crippen molar-refractivity contribution in [3.05, 3.63) is 72.1 Å². The quantitative estimate of drug-likeness (QED) is 0.0900. The number of nitrogens with one attached hydrogen (secondary N) is 5. The van der Waals surface area contributed by atoms with Crippen LogP contribution >= 0.6 is 0 Å². The van der Waals surface area contributed by atoms with Crippen LogP contribution in [0.15, 0.2) is 60.9 Å². The van der Waals surface area contributed by atoms with Crippen LogP contribution < -0.4 is 21.7 Å². The molecule has 3 amide bonds. The molecule has 0 fully saturated rings. The van der Waals surface area contributed by atoms with Crippen LogP contribution in [0.4, 0.5) is 0 Å². The van der Waals surface area contributed by atoms with E-state index in [-0.39, 0.29) is 12.8 Å². The molecule has 14 nitrogen and oxygen atoms in total. The lowest BCUT2D eigenvalue weighted by Crippen LogP contribution is -2.60. The topological polar surface area (TPSA) is 240 Å². The molecule has 0 aliphatic rings. The van der Waals surface area contributed by atoms with Crippen molar-refractivity contribution in [1.82, 2.24) is 25.9 Å². The minimum atomic E-state index is -1.62. The summed E-state index contributed by atoms with van der Waals surface area (Å²) in [7, 11) is 0. The number of aliphatic hydroxyl groups is 1. The van der Waals surface area contributed by atoms with Gasteiger partial charge in [-0.3, -0.25) is 19.2 Å². The molecule has 4 aromatic rings. The summed E-state index contributed by atoms with van der Waals surface area (Å²) in [4.78, 5) is 68.7. The van der Waals surface area contributed by atoms with Crippen molar-refractivity contribution in [2.45, 2.75) is 62.9 Å². The van der Waals surface area contributed by atoms with Crippen molar-refractivity contribution in [2.75, 3.05) is 0 Å². The van der Waals surface area contributed by atoms with Crippen molar-refractivity contribution >= 4 is 51.5 Å². The molecule has 45 heavy (non-hydrogen) atoms. The van der Waals surface area contributed by atoms with Crippen molar-refractivity contribution in [3.63, 3.8) is 0 Å². The Labute approximate surface area is 257 Å². The Bertz CT molecular complexity index is 1700. The molecule has 0 saturated carbocycles. The molecule has 5 unspecified atom stereocenters. The number of hydrogen-bond donors (Lipinski definition) is 9. The highest BCUT2D eigenvalue weighted by molar-refractivity contribution is 5.95. The highest BCUT2D eigenvalue weighted by atomic mass is 16.4. The largest absolute Gasteiger partial charge is 0.481 e. The number of para-hydroxylation sites is 2. The lowest BCUT2D eigenvalue weighted by atomic mass is 10.0. The number of carboxylic acid groups (broad SMARTS) is 2. The molecule has 10 N–H and O–H groups in total. The van der Waals surface area contributed by atoms with Gasteiger partial charge in [0.15, 0.2) is 0 Å². The monoisotopic (exact) mass is 620 g/mol. The van der Waals surface area contributed by atoms with Gasteiger partial charge in [-0.1, -0.05) is 36.4 Å². The predicted molar refractivity (Wildman–Crippen MR) is 164 cm³/mol. The third kappa shape index (κ3) is 8.25.